The van der Waals surface area contributed by atoms with Crippen LogP contribution in [0, 0.1) is 0 Å². The molecule has 0 aliphatic carbocycles. The molecule has 5 heteroatoms. The maximum Gasteiger partial charge on any atom is 0.411 e. The van der Waals surface area contributed by atoms with E-state index in [1.165, 1.54) is 0 Å². The van der Waals surface area contributed by atoms with Crippen LogP contribution in [-0.4, -0.2) is 34.3 Å². The molecule has 1 N–H and O–H groups in total. The molecule has 0 aromatic heterocycles. The molecule has 1 aliphatic heterocycles. The third kappa shape index (κ3) is 2.55. The normalized spacial score (nSPS) is 23.6. The summed E-state index contributed by atoms with van der Waals surface area (Å²) >= 11 is 5.97. The highest BCUT2D eigenvalue weighted by Crippen LogP contribution is 2.37. The lowest BCUT2D eigenvalue weighted by atomic mass is 9.98. The molecule has 0 radical (unpaired) electrons. The van der Waals surface area contributed by atoms with Gasteiger partial charge in [0.05, 0.1) is 18.2 Å². The SMILES string of the molecule is CC1C(c2cccc(Cl)c2)OC(=O)N1C(C)(C)CO. The Bertz CT molecular complexity index is 489. The second-order valence-corrected chi connectivity index (χ2v) is 5.88. The Morgan fingerprint density at radius 3 is 2.74 bits per heavy atom. The summed E-state index contributed by atoms with van der Waals surface area (Å²) in [6.07, 6.45) is -0.770. The van der Waals surface area contributed by atoms with Crippen molar-refractivity contribution >= 4 is 17.7 Å². The van der Waals surface area contributed by atoms with Gasteiger partial charge in [-0.15, -0.1) is 0 Å². The van der Waals surface area contributed by atoms with Crippen LogP contribution in [0.25, 0.3) is 0 Å². The van der Waals surface area contributed by atoms with Crippen LogP contribution in [0.1, 0.15) is 32.4 Å². The summed E-state index contributed by atoms with van der Waals surface area (Å²) < 4.78 is 5.43. The standard InChI is InChI=1S/C14H18ClNO3/c1-9-12(10-5-4-6-11(15)7-10)19-13(18)16(9)14(2,3)8-17/h4-7,9,12,17H,8H2,1-3H3. The van der Waals surface area contributed by atoms with Crippen molar-refractivity contribution in [3.8, 4) is 0 Å². The van der Waals surface area contributed by atoms with E-state index in [2.05, 4.69) is 0 Å². The van der Waals surface area contributed by atoms with Crippen molar-refractivity contribution in [2.24, 2.45) is 0 Å². The minimum atomic E-state index is -0.649. The van der Waals surface area contributed by atoms with E-state index in [-0.39, 0.29) is 18.8 Å². The van der Waals surface area contributed by atoms with E-state index in [9.17, 15) is 9.90 Å². The van der Waals surface area contributed by atoms with Gasteiger partial charge >= 0.3 is 6.09 Å². The van der Waals surface area contributed by atoms with Gasteiger partial charge in [0.2, 0.25) is 0 Å². The van der Waals surface area contributed by atoms with Gasteiger partial charge in [-0.2, -0.15) is 0 Å². The molecule has 1 aromatic rings. The van der Waals surface area contributed by atoms with Crippen molar-refractivity contribution in [3.63, 3.8) is 0 Å². The van der Waals surface area contributed by atoms with Gasteiger partial charge in [-0.25, -0.2) is 4.79 Å². The van der Waals surface area contributed by atoms with Crippen LogP contribution in [-0.2, 0) is 4.74 Å². The lowest BCUT2D eigenvalue weighted by Crippen LogP contribution is -2.50. The van der Waals surface area contributed by atoms with E-state index in [0.29, 0.717) is 5.02 Å². The highest BCUT2D eigenvalue weighted by Gasteiger charge is 2.46. The first kappa shape index (κ1) is 14.2. The summed E-state index contributed by atoms with van der Waals surface area (Å²) in [5, 5.41) is 10.0. The van der Waals surface area contributed by atoms with Gasteiger partial charge in [-0.05, 0) is 38.5 Å². The number of aliphatic hydroxyl groups is 1. The largest absolute Gasteiger partial charge is 0.439 e. The van der Waals surface area contributed by atoms with E-state index in [4.69, 9.17) is 16.3 Å². The molecule has 1 heterocycles. The number of nitrogens with zero attached hydrogens (tertiary/aromatic N) is 1. The number of aliphatic hydroxyl groups excluding tert-OH is 1. The molecule has 0 saturated carbocycles. The average Bonchev–Trinajstić information content (AvgIpc) is 2.65. The molecular formula is C14H18ClNO3. The minimum absolute atomic E-state index is 0.116. The Kier molecular flexibility index (Phi) is 3.74. The zero-order valence-corrected chi connectivity index (χ0v) is 12.0. The van der Waals surface area contributed by atoms with Crippen molar-refractivity contribution in [1.29, 1.82) is 0 Å². The highest BCUT2D eigenvalue weighted by atomic mass is 35.5. The van der Waals surface area contributed by atoms with E-state index in [0.717, 1.165) is 5.56 Å². The van der Waals surface area contributed by atoms with E-state index >= 15 is 0 Å². The summed E-state index contributed by atoms with van der Waals surface area (Å²) in [6.45, 7) is 5.42. The fourth-order valence-electron chi connectivity index (χ4n) is 2.47. The third-order valence-electron chi connectivity index (χ3n) is 3.49. The Morgan fingerprint density at radius 2 is 2.16 bits per heavy atom. The molecule has 19 heavy (non-hydrogen) atoms. The summed E-state index contributed by atoms with van der Waals surface area (Å²) in [7, 11) is 0. The van der Waals surface area contributed by atoms with Crippen molar-refractivity contribution in [2.45, 2.75) is 38.5 Å². The van der Waals surface area contributed by atoms with Crippen LogP contribution >= 0.6 is 11.6 Å². The second-order valence-electron chi connectivity index (χ2n) is 5.44. The second kappa shape index (κ2) is 5.02. The first-order chi connectivity index (χ1) is 8.86. The number of carbonyl (C=O) groups excluding carboxylic acids is 1. The first-order valence-electron chi connectivity index (χ1n) is 6.23. The number of carbonyl (C=O) groups is 1. The number of hydrogen-bond acceptors (Lipinski definition) is 3. The van der Waals surface area contributed by atoms with Crippen LogP contribution in [0.5, 0.6) is 0 Å². The maximum atomic E-state index is 12.0. The minimum Gasteiger partial charge on any atom is -0.439 e. The molecule has 1 saturated heterocycles. The number of halogens is 1. The molecule has 1 aliphatic rings. The lowest BCUT2D eigenvalue weighted by Gasteiger charge is -2.35. The molecule has 2 rings (SSSR count). The van der Waals surface area contributed by atoms with Crippen LogP contribution in [0.4, 0.5) is 4.79 Å². The van der Waals surface area contributed by atoms with Crippen LogP contribution in [0.2, 0.25) is 5.02 Å². The van der Waals surface area contributed by atoms with Crippen LogP contribution < -0.4 is 0 Å². The Hall–Kier alpha value is -1.26. The van der Waals surface area contributed by atoms with Crippen molar-refractivity contribution in [3.05, 3.63) is 34.9 Å². The highest BCUT2D eigenvalue weighted by molar-refractivity contribution is 6.30. The molecule has 0 spiro atoms. The Morgan fingerprint density at radius 1 is 1.47 bits per heavy atom. The molecule has 2 atom stereocenters. The molecule has 104 valence electrons. The molecule has 0 bridgehead atoms. The zero-order chi connectivity index (χ0) is 14.2. The molecule has 1 aromatic carbocycles. The first-order valence-corrected chi connectivity index (χ1v) is 6.61. The van der Waals surface area contributed by atoms with Gasteiger partial charge in [-0.3, -0.25) is 4.90 Å². The number of amides is 1. The average molecular weight is 284 g/mol. The predicted octanol–water partition coefficient (Wildman–Crippen LogP) is 2.99. The third-order valence-corrected chi connectivity index (χ3v) is 3.72. The number of ether oxygens (including phenoxy) is 1. The monoisotopic (exact) mass is 283 g/mol. The summed E-state index contributed by atoms with van der Waals surface area (Å²) in [6, 6.07) is 7.13. The number of benzene rings is 1. The van der Waals surface area contributed by atoms with Crippen LogP contribution in [0.15, 0.2) is 24.3 Å². The predicted molar refractivity (Wildman–Crippen MR) is 73.1 cm³/mol. The quantitative estimate of drug-likeness (QED) is 0.928. The Labute approximate surface area is 117 Å². The molecule has 2 unspecified atom stereocenters. The lowest BCUT2D eigenvalue weighted by molar-refractivity contribution is 0.0700. The Balaban J connectivity index is 2.30. The number of cyclic esters (lactones) is 1. The van der Waals surface area contributed by atoms with Gasteiger partial charge in [0.25, 0.3) is 0 Å². The van der Waals surface area contributed by atoms with Crippen molar-refractivity contribution in [1.82, 2.24) is 4.90 Å². The van der Waals surface area contributed by atoms with Crippen molar-refractivity contribution < 1.29 is 14.6 Å². The summed E-state index contributed by atoms with van der Waals surface area (Å²) in [4.78, 5) is 13.6. The van der Waals surface area contributed by atoms with E-state index in [1.807, 2.05) is 32.9 Å². The molecule has 1 amide bonds. The van der Waals surface area contributed by atoms with Gasteiger partial charge in [0.1, 0.15) is 6.10 Å². The van der Waals surface area contributed by atoms with Crippen LogP contribution in [0.3, 0.4) is 0 Å². The fourth-order valence-corrected chi connectivity index (χ4v) is 2.67. The van der Waals surface area contributed by atoms with Gasteiger partial charge in [0.15, 0.2) is 0 Å². The van der Waals surface area contributed by atoms with Gasteiger partial charge in [0, 0.05) is 5.02 Å². The van der Waals surface area contributed by atoms with Gasteiger partial charge < -0.3 is 9.84 Å². The number of rotatable bonds is 3. The van der Waals surface area contributed by atoms with Gasteiger partial charge in [-0.1, -0.05) is 23.7 Å². The number of hydrogen-bond donors (Lipinski definition) is 1. The summed E-state index contributed by atoms with van der Waals surface area (Å²) in [5.41, 5.74) is 0.216. The van der Waals surface area contributed by atoms with E-state index < -0.39 is 11.6 Å². The van der Waals surface area contributed by atoms with E-state index in [1.54, 1.807) is 17.0 Å². The maximum absolute atomic E-state index is 12.0. The summed E-state index contributed by atoms with van der Waals surface area (Å²) in [5.74, 6) is 0. The molecule has 1 fully saturated rings. The fraction of sp³-hybridized carbons (Fsp3) is 0.500. The zero-order valence-electron chi connectivity index (χ0n) is 11.3. The molecule has 4 nitrogen and oxygen atoms in total. The smallest absolute Gasteiger partial charge is 0.411 e. The molecular weight excluding hydrogens is 266 g/mol. The van der Waals surface area contributed by atoms with Crippen molar-refractivity contribution in [2.75, 3.05) is 6.61 Å². The topological polar surface area (TPSA) is 49.8 Å².